The Hall–Kier alpha value is -3.21. The third-order valence-electron chi connectivity index (χ3n) is 6.91. The van der Waals surface area contributed by atoms with Gasteiger partial charge in [0.2, 0.25) is 11.8 Å². The molecule has 1 aliphatic heterocycles. The molecule has 1 N–H and O–H groups in total. The van der Waals surface area contributed by atoms with Crippen molar-refractivity contribution in [3.05, 3.63) is 71.3 Å². The minimum atomic E-state index is -0.222. The molecular formula is C25H24N2O3. The van der Waals surface area contributed by atoms with Crippen molar-refractivity contribution in [2.75, 3.05) is 10.2 Å². The second-order valence-corrected chi connectivity index (χ2v) is 8.49. The summed E-state index contributed by atoms with van der Waals surface area (Å²) in [5, 5.41) is 2.95. The number of hydrogen-bond donors (Lipinski definition) is 1. The van der Waals surface area contributed by atoms with E-state index in [4.69, 9.17) is 0 Å². The van der Waals surface area contributed by atoms with Gasteiger partial charge in [0.15, 0.2) is 0 Å². The van der Waals surface area contributed by atoms with E-state index in [-0.39, 0.29) is 41.4 Å². The van der Waals surface area contributed by atoms with Gasteiger partial charge in [0, 0.05) is 11.3 Å². The van der Waals surface area contributed by atoms with Gasteiger partial charge in [0.05, 0.1) is 17.5 Å². The highest BCUT2D eigenvalue weighted by Crippen LogP contribution is 2.55. The van der Waals surface area contributed by atoms with E-state index in [1.807, 2.05) is 31.2 Å². The van der Waals surface area contributed by atoms with Crippen LogP contribution in [0.25, 0.3) is 0 Å². The summed E-state index contributed by atoms with van der Waals surface area (Å²) in [7, 11) is 0. The maximum Gasteiger partial charge on any atom is 0.255 e. The number of rotatable bonds is 4. The van der Waals surface area contributed by atoms with Gasteiger partial charge in [-0.2, -0.15) is 0 Å². The first kappa shape index (κ1) is 18.8. The zero-order valence-electron chi connectivity index (χ0n) is 17.1. The molecule has 30 heavy (non-hydrogen) atoms. The van der Waals surface area contributed by atoms with Gasteiger partial charge < -0.3 is 5.32 Å². The fraction of sp³-hybridized carbons (Fsp3) is 0.320. The van der Waals surface area contributed by atoms with E-state index in [9.17, 15) is 14.4 Å². The van der Waals surface area contributed by atoms with Gasteiger partial charge in [-0.3, -0.25) is 19.3 Å². The topological polar surface area (TPSA) is 66.5 Å². The molecule has 3 amide bonds. The molecule has 2 aromatic rings. The normalized spacial score (nSPS) is 26.7. The molecule has 5 nitrogen and oxygen atoms in total. The van der Waals surface area contributed by atoms with E-state index in [1.54, 1.807) is 24.3 Å². The molecule has 1 saturated heterocycles. The number of hydrogen-bond acceptors (Lipinski definition) is 3. The fourth-order valence-corrected chi connectivity index (χ4v) is 5.44. The molecule has 1 saturated carbocycles. The van der Waals surface area contributed by atoms with E-state index >= 15 is 0 Å². The monoisotopic (exact) mass is 400 g/mol. The average Bonchev–Trinajstić information content (AvgIpc) is 3.39. The Balaban J connectivity index is 1.35. The van der Waals surface area contributed by atoms with Gasteiger partial charge in [-0.25, -0.2) is 0 Å². The number of benzene rings is 2. The molecule has 2 aliphatic carbocycles. The van der Waals surface area contributed by atoms with E-state index < -0.39 is 0 Å². The van der Waals surface area contributed by atoms with Crippen LogP contribution in [0.5, 0.6) is 0 Å². The highest BCUT2D eigenvalue weighted by atomic mass is 16.2. The molecule has 5 rings (SSSR count). The molecule has 2 fully saturated rings. The van der Waals surface area contributed by atoms with Crippen LogP contribution < -0.4 is 10.2 Å². The van der Waals surface area contributed by atoms with Gasteiger partial charge >= 0.3 is 0 Å². The maximum absolute atomic E-state index is 13.1. The van der Waals surface area contributed by atoms with Crippen LogP contribution in [-0.2, 0) is 16.0 Å². The summed E-state index contributed by atoms with van der Waals surface area (Å²) in [5.74, 6) is -0.471. The lowest BCUT2D eigenvalue weighted by molar-refractivity contribution is -0.123. The van der Waals surface area contributed by atoms with Gasteiger partial charge in [0.25, 0.3) is 5.91 Å². The number of carbonyl (C=O) groups is 3. The Labute approximate surface area is 175 Å². The lowest BCUT2D eigenvalue weighted by Crippen LogP contribution is -2.33. The molecule has 152 valence electrons. The summed E-state index contributed by atoms with van der Waals surface area (Å²) in [4.78, 5) is 40.1. The Kier molecular flexibility index (Phi) is 4.35. The SMILES string of the molecule is CCc1ccccc1NC(=O)c1ccc(N2C(=O)[C@@H]3[C@@H](C2=O)[C@H]2C[C@H]3C=C2C)cc1. The second-order valence-electron chi connectivity index (χ2n) is 8.49. The maximum atomic E-state index is 13.1. The Morgan fingerprint density at radius 2 is 1.73 bits per heavy atom. The van der Waals surface area contributed by atoms with Crippen LogP contribution in [0.3, 0.4) is 0 Å². The Morgan fingerprint density at radius 3 is 2.47 bits per heavy atom. The van der Waals surface area contributed by atoms with E-state index in [0.717, 1.165) is 24.1 Å². The summed E-state index contributed by atoms with van der Waals surface area (Å²) in [6.45, 7) is 4.10. The largest absolute Gasteiger partial charge is 0.322 e. The molecule has 2 aromatic carbocycles. The van der Waals surface area contributed by atoms with Crippen molar-refractivity contribution in [2.45, 2.75) is 26.7 Å². The van der Waals surface area contributed by atoms with E-state index in [1.165, 1.54) is 10.5 Å². The minimum Gasteiger partial charge on any atom is -0.322 e. The Morgan fingerprint density at radius 1 is 1.03 bits per heavy atom. The van der Waals surface area contributed by atoms with Crippen LogP contribution in [0.2, 0.25) is 0 Å². The lowest BCUT2D eigenvalue weighted by Gasteiger charge is -2.19. The standard InChI is InChI=1S/C25H24N2O3/c1-3-15-6-4-5-7-20(15)26-23(28)16-8-10-18(11-9-16)27-24(29)21-17-12-14(2)19(13-17)22(21)25(27)30/h4-12,17,19,21-22H,3,13H2,1-2H3,(H,26,28)/t17-,19+,21+,22+/m1/s1. The zero-order chi connectivity index (χ0) is 21.0. The summed E-state index contributed by atoms with van der Waals surface area (Å²) in [5.41, 5.74) is 4.14. The number of imide groups is 1. The number of carbonyl (C=O) groups excluding carboxylic acids is 3. The molecule has 0 spiro atoms. The second kappa shape index (κ2) is 6.94. The molecule has 1 heterocycles. The zero-order valence-corrected chi connectivity index (χ0v) is 17.1. The van der Waals surface area contributed by atoms with Gasteiger partial charge in [-0.05, 0) is 67.5 Å². The minimum absolute atomic E-state index is 0.0981. The highest BCUT2D eigenvalue weighted by Gasteiger charge is 2.60. The predicted molar refractivity (Wildman–Crippen MR) is 115 cm³/mol. The molecule has 0 unspecified atom stereocenters. The molecule has 5 heteroatoms. The van der Waals surface area contributed by atoms with Gasteiger partial charge in [0.1, 0.15) is 0 Å². The van der Waals surface area contributed by atoms with E-state index in [2.05, 4.69) is 18.3 Å². The van der Waals surface area contributed by atoms with Crippen molar-refractivity contribution in [3.63, 3.8) is 0 Å². The number of nitrogens with one attached hydrogen (secondary N) is 1. The van der Waals surface area contributed by atoms with Crippen LogP contribution in [-0.4, -0.2) is 17.7 Å². The summed E-state index contributed by atoms with van der Waals surface area (Å²) in [6, 6.07) is 14.5. The van der Waals surface area contributed by atoms with Crippen LogP contribution in [0.4, 0.5) is 11.4 Å². The summed E-state index contributed by atoms with van der Waals surface area (Å²) in [6.07, 6.45) is 3.92. The van der Waals surface area contributed by atoms with Gasteiger partial charge in [-0.1, -0.05) is 36.8 Å². The molecular weight excluding hydrogens is 376 g/mol. The van der Waals surface area contributed by atoms with Crippen LogP contribution in [0.1, 0.15) is 36.2 Å². The van der Waals surface area contributed by atoms with Crippen LogP contribution in [0.15, 0.2) is 60.2 Å². The first-order valence-corrected chi connectivity index (χ1v) is 10.5. The lowest BCUT2D eigenvalue weighted by atomic mass is 9.82. The summed E-state index contributed by atoms with van der Waals surface area (Å²) < 4.78 is 0. The molecule has 3 aliphatic rings. The third kappa shape index (κ3) is 2.72. The molecule has 2 bridgehead atoms. The number of allylic oxidation sites excluding steroid dienone is 2. The number of para-hydroxylation sites is 1. The highest BCUT2D eigenvalue weighted by molar-refractivity contribution is 6.23. The van der Waals surface area contributed by atoms with Crippen molar-refractivity contribution in [3.8, 4) is 0 Å². The van der Waals surface area contributed by atoms with Gasteiger partial charge in [-0.15, -0.1) is 0 Å². The first-order chi connectivity index (χ1) is 14.5. The van der Waals surface area contributed by atoms with Crippen molar-refractivity contribution in [1.29, 1.82) is 0 Å². The fourth-order valence-electron chi connectivity index (χ4n) is 5.44. The third-order valence-corrected chi connectivity index (χ3v) is 6.91. The number of nitrogens with zero attached hydrogens (tertiary/aromatic N) is 1. The smallest absolute Gasteiger partial charge is 0.255 e. The quantitative estimate of drug-likeness (QED) is 0.618. The van der Waals surface area contributed by atoms with Crippen molar-refractivity contribution in [1.82, 2.24) is 0 Å². The number of amides is 3. The number of aryl methyl sites for hydroxylation is 1. The predicted octanol–water partition coefficient (Wildman–Crippen LogP) is 4.20. The summed E-state index contributed by atoms with van der Waals surface area (Å²) >= 11 is 0. The average molecular weight is 400 g/mol. The van der Waals surface area contributed by atoms with Crippen LogP contribution >= 0.6 is 0 Å². The molecule has 0 radical (unpaired) electrons. The van der Waals surface area contributed by atoms with Crippen LogP contribution in [0, 0.1) is 23.7 Å². The Bertz CT molecular complexity index is 1090. The van der Waals surface area contributed by atoms with Crippen molar-refractivity contribution in [2.24, 2.45) is 23.7 Å². The molecule has 4 atom stereocenters. The van der Waals surface area contributed by atoms with Crippen molar-refractivity contribution >= 4 is 29.1 Å². The van der Waals surface area contributed by atoms with E-state index in [0.29, 0.717) is 11.3 Å². The first-order valence-electron chi connectivity index (χ1n) is 10.5. The van der Waals surface area contributed by atoms with Crippen molar-refractivity contribution < 1.29 is 14.4 Å². The molecule has 0 aromatic heterocycles. The number of fused-ring (bicyclic) bond motifs is 5. The number of anilines is 2.